The highest BCUT2D eigenvalue weighted by atomic mass is 79.9. The Balaban J connectivity index is 1.99. The molecule has 0 saturated heterocycles. The number of benzene rings is 2. The van der Waals surface area contributed by atoms with Gasteiger partial charge >= 0.3 is 0 Å². The maximum absolute atomic E-state index is 5.67. The van der Waals surface area contributed by atoms with Crippen molar-refractivity contribution in [3.63, 3.8) is 0 Å². The molecule has 0 aliphatic rings. The van der Waals surface area contributed by atoms with E-state index in [-0.39, 0.29) is 0 Å². The highest BCUT2D eigenvalue weighted by Gasteiger charge is 2.03. The van der Waals surface area contributed by atoms with Crippen LogP contribution in [-0.2, 0) is 6.54 Å². The second-order valence-corrected chi connectivity index (χ2v) is 6.12. The molecule has 0 spiro atoms. The van der Waals surface area contributed by atoms with Crippen molar-refractivity contribution in [2.75, 3.05) is 11.9 Å². The number of rotatable bonds is 6. The predicted octanol–water partition coefficient (Wildman–Crippen LogP) is 5.47. The first-order chi connectivity index (χ1) is 10.1. The van der Waals surface area contributed by atoms with E-state index in [1.54, 1.807) is 0 Å². The van der Waals surface area contributed by atoms with E-state index in [0.29, 0.717) is 0 Å². The Hall–Kier alpha value is -1.48. The third-order valence-corrected chi connectivity index (χ3v) is 4.08. The van der Waals surface area contributed by atoms with Crippen molar-refractivity contribution in [2.24, 2.45) is 0 Å². The summed E-state index contributed by atoms with van der Waals surface area (Å²) >= 11 is 3.57. The van der Waals surface area contributed by atoms with Crippen molar-refractivity contribution in [3.05, 3.63) is 57.6 Å². The number of anilines is 1. The van der Waals surface area contributed by atoms with Crippen molar-refractivity contribution in [1.29, 1.82) is 0 Å². The van der Waals surface area contributed by atoms with E-state index in [2.05, 4.69) is 72.3 Å². The molecule has 0 heterocycles. The highest BCUT2D eigenvalue weighted by Crippen LogP contribution is 2.26. The van der Waals surface area contributed by atoms with Crippen molar-refractivity contribution in [3.8, 4) is 5.75 Å². The minimum Gasteiger partial charge on any atom is -0.492 e. The molecular formula is C18H22BrNO. The van der Waals surface area contributed by atoms with E-state index < -0.39 is 0 Å². The van der Waals surface area contributed by atoms with Gasteiger partial charge in [-0.05, 0) is 77.2 Å². The zero-order valence-electron chi connectivity index (χ0n) is 12.9. The third kappa shape index (κ3) is 4.50. The molecule has 3 heteroatoms. The lowest BCUT2D eigenvalue weighted by Crippen LogP contribution is -2.01. The van der Waals surface area contributed by atoms with E-state index in [1.807, 2.05) is 6.07 Å². The molecule has 0 radical (unpaired) electrons. The normalized spacial score (nSPS) is 10.5. The molecule has 0 amide bonds. The Morgan fingerprint density at radius 2 is 1.86 bits per heavy atom. The van der Waals surface area contributed by atoms with Gasteiger partial charge in [0.05, 0.1) is 11.1 Å². The van der Waals surface area contributed by atoms with Crippen LogP contribution in [0, 0.1) is 13.8 Å². The van der Waals surface area contributed by atoms with E-state index in [9.17, 15) is 0 Å². The van der Waals surface area contributed by atoms with E-state index >= 15 is 0 Å². The van der Waals surface area contributed by atoms with Gasteiger partial charge in [-0.15, -0.1) is 0 Å². The molecule has 0 aromatic heterocycles. The Morgan fingerprint density at radius 1 is 1.05 bits per heavy atom. The van der Waals surface area contributed by atoms with Crippen molar-refractivity contribution in [1.82, 2.24) is 0 Å². The summed E-state index contributed by atoms with van der Waals surface area (Å²) in [6.07, 6.45) is 1.02. The summed E-state index contributed by atoms with van der Waals surface area (Å²) in [6.45, 7) is 7.92. The van der Waals surface area contributed by atoms with Crippen LogP contribution in [0.5, 0.6) is 5.75 Å². The summed E-state index contributed by atoms with van der Waals surface area (Å²) in [6, 6.07) is 12.7. The lowest BCUT2D eigenvalue weighted by atomic mass is 10.1. The number of hydrogen-bond acceptors (Lipinski definition) is 2. The van der Waals surface area contributed by atoms with Crippen LogP contribution in [-0.4, -0.2) is 6.61 Å². The largest absolute Gasteiger partial charge is 0.492 e. The van der Waals surface area contributed by atoms with Gasteiger partial charge in [0.1, 0.15) is 5.75 Å². The van der Waals surface area contributed by atoms with Crippen LogP contribution in [0.15, 0.2) is 40.9 Å². The molecule has 2 nitrogen and oxygen atoms in total. The highest BCUT2D eigenvalue weighted by molar-refractivity contribution is 9.10. The molecule has 112 valence electrons. The van der Waals surface area contributed by atoms with Gasteiger partial charge in [-0.25, -0.2) is 0 Å². The van der Waals surface area contributed by atoms with Crippen molar-refractivity contribution >= 4 is 21.6 Å². The molecule has 0 atom stereocenters. The minimum atomic E-state index is 0.749. The van der Waals surface area contributed by atoms with Crippen LogP contribution in [0.2, 0.25) is 0 Å². The zero-order valence-corrected chi connectivity index (χ0v) is 14.5. The number of hydrogen-bond donors (Lipinski definition) is 1. The second-order valence-electron chi connectivity index (χ2n) is 5.27. The van der Waals surface area contributed by atoms with Crippen LogP contribution >= 0.6 is 15.9 Å². The molecule has 0 saturated carbocycles. The minimum absolute atomic E-state index is 0.749. The Morgan fingerprint density at radius 3 is 2.52 bits per heavy atom. The molecule has 0 bridgehead atoms. The number of aryl methyl sites for hydroxylation is 2. The van der Waals surface area contributed by atoms with Gasteiger partial charge in [0, 0.05) is 12.2 Å². The Labute approximate surface area is 135 Å². The third-order valence-electron chi connectivity index (χ3n) is 3.46. The first-order valence-corrected chi connectivity index (χ1v) is 8.12. The molecule has 2 aromatic carbocycles. The average molecular weight is 348 g/mol. The SMILES string of the molecule is CCCOc1ccc(CNc2ccc(C)c(C)c2)cc1Br. The van der Waals surface area contributed by atoms with Crippen molar-refractivity contribution in [2.45, 2.75) is 33.7 Å². The van der Waals surface area contributed by atoms with Gasteiger partial charge in [-0.1, -0.05) is 19.1 Å². The van der Waals surface area contributed by atoms with Crippen LogP contribution in [0.4, 0.5) is 5.69 Å². The van der Waals surface area contributed by atoms with Crippen molar-refractivity contribution < 1.29 is 4.74 Å². The molecule has 2 aromatic rings. The molecule has 2 rings (SSSR count). The van der Waals surface area contributed by atoms with E-state index in [0.717, 1.165) is 35.5 Å². The summed E-state index contributed by atoms with van der Waals surface area (Å²) in [7, 11) is 0. The molecule has 0 fully saturated rings. The fourth-order valence-electron chi connectivity index (χ4n) is 2.04. The van der Waals surface area contributed by atoms with Crippen LogP contribution < -0.4 is 10.1 Å². The molecule has 0 aliphatic carbocycles. The summed E-state index contributed by atoms with van der Waals surface area (Å²) in [5.41, 5.74) is 5.01. The number of nitrogens with one attached hydrogen (secondary N) is 1. The van der Waals surface area contributed by atoms with Crippen LogP contribution in [0.1, 0.15) is 30.0 Å². The van der Waals surface area contributed by atoms with Gasteiger partial charge in [-0.2, -0.15) is 0 Å². The summed E-state index contributed by atoms with van der Waals surface area (Å²) < 4.78 is 6.67. The maximum Gasteiger partial charge on any atom is 0.133 e. The fourth-order valence-corrected chi connectivity index (χ4v) is 2.58. The molecule has 21 heavy (non-hydrogen) atoms. The summed E-state index contributed by atoms with van der Waals surface area (Å²) in [4.78, 5) is 0. The predicted molar refractivity (Wildman–Crippen MR) is 93.2 cm³/mol. The maximum atomic E-state index is 5.67. The molecule has 0 unspecified atom stereocenters. The summed E-state index contributed by atoms with van der Waals surface area (Å²) in [5.74, 6) is 0.909. The smallest absolute Gasteiger partial charge is 0.133 e. The van der Waals surface area contributed by atoms with Gasteiger partial charge in [0.15, 0.2) is 0 Å². The molecular weight excluding hydrogens is 326 g/mol. The second kappa shape index (κ2) is 7.51. The van der Waals surface area contributed by atoms with Gasteiger partial charge < -0.3 is 10.1 Å². The lowest BCUT2D eigenvalue weighted by Gasteiger charge is -2.11. The zero-order chi connectivity index (χ0) is 15.2. The Kier molecular flexibility index (Phi) is 5.68. The van der Waals surface area contributed by atoms with Crippen LogP contribution in [0.25, 0.3) is 0 Å². The van der Waals surface area contributed by atoms with Crippen LogP contribution in [0.3, 0.4) is 0 Å². The average Bonchev–Trinajstić information content (AvgIpc) is 2.47. The fraction of sp³-hybridized carbons (Fsp3) is 0.333. The van der Waals surface area contributed by atoms with Gasteiger partial charge in [0.2, 0.25) is 0 Å². The molecule has 0 aliphatic heterocycles. The quantitative estimate of drug-likeness (QED) is 0.748. The monoisotopic (exact) mass is 347 g/mol. The van der Waals surface area contributed by atoms with Gasteiger partial charge in [-0.3, -0.25) is 0 Å². The van der Waals surface area contributed by atoms with E-state index in [4.69, 9.17) is 4.74 Å². The number of ether oxygens (including phenoxy) is 1. The first kappa shape index (κ1) is 15.9. The number of halogens is 1. The topological polar surface area (TPSA) is 21.3 Å². The Bertz CT molecular complexity index is 610. The first-order valence-electron chi connectivity index (χ1n) is 7.32. The van der Waals surface area contributed by atoms with E-state index in [1.165, 1.54) is 16.7 Å². The molecule has 1 N–H and O–H groups in total. The lowest BCUT2D eigenvalue weighted by molar-refractivity contribution is 0.315. The summed E-state index contributed by atoms with van der Waals surface area (Å²) in [5, 5.41) is 3.46. The standard InChI is InChI=1S/C18H22BrNO/c1-4-9-21-18-8-6-15(11-17(18)19)12-20-16-7-5-13(2)14(3)10-16/h5-8,10-11,20H,4,9,12H2,1-3H3. The van der Waals surface area contributed by atoms with Gasteiger partial charge in [0.25, 0.3) is 0 Å².